The van der Waals surface area contributed by atoms with Gasteiger partial charge in [0, 0.05) is 12.1 Å². The molecule has 0 N–H and O–H groups in total. The maximum atomic E-state index is 2.75. The van der Waals surface area contributed by atoms with E-state index in [1.54, 1.807) is 6.42 Å². The number of rotatable bonds is 0. The molecule has 3 fully saturated rings. The molecule has 1 heteroatoms. The molecule has 50 valence electrons. The SMILES string of the molecule is C1CC2CC3CC3N2C1. The average Bonchev–Trinajstić information content (AvgIpc) is 2.38. The second-order valence-corrected chi connectivity index (χ2v) is 3.83. The lowest BCUT2D eigenvalue weighted by atomic mass is 10.1. The van der Waals surface area contributed by atoms with E-state index in [4.69, 9.17) is 0 Å². The van der Waals surface area contributed by atoms with E-state index in [1.807, 2.05) is 0 Å². The fraction of sp³-hybridized carbons (Fsp3) is 1.00. The molecule has 3 aliphatic rings. The molecule has 0 amide bonds. The Labute approximate surface area is 56.0 Å². The summed E-state index contributed by atoms with van der Waals surface area (Å²) in [5.74, 6) is 1.15. The molecule has 0 spiro atoms. The lowest BCUT2D eigenvalue weighted by Gasteiger charge is -2.16. The first-order valence-electron chi connectivity index (χ1n) is 4.21. The second kappa shape index (κ2) is 1.34. The molecule has 9 heavy (non-hydrogen) atoms. The number of nitrogens with zero attached hydrogens (tertiary/aromatic N) is 1. The van der Waals surface area contributed by atoms with Crippen LogP contribution < -0.4 is 0 Å². The van der Waals surface area contributed by atoms with Crippen molar-refractivity contribution in [2.45, 2.75) is 37.8 Å². The third kappa shape index (κ3) is 0.493. The Morgan fingerprint density at radius 3 is 3.11 bits per heavy atom. The van der Waals surface area contributed by atoms with E-state index >= 15 is 0 Å². The molecule has 0 radical (unpaired) electrons. The molecule has 0 aromatic carbocycles. The highest BCUT2D eigenvalue weighted by molar-refractivity contribution is 5.07. The molecule has 2 saturated heterocycles. The minimum Gasteiger partial charge on any atom is -0.297 e. The van der Waals surface area contributed by atoms with Gasteiger partial charge in [-0.15, -0.1) is 0 Å². The van der Waals surface area contributed by atoms with Crippen LogP contribution in [0.15, 0.2) is 0 Å². The van der Waals surface area contributed by atoms with Gasteiger partial charge in [0.2, 0.25) is 0 Å². The Hall–Kier alpha value is -0.0400. The standard InChI is InChI=1S/C8H13N/c1-2-7-4-6-5-8(6)9(7)3-1/h6-8H,1-5H2. The molecule has 3 rings (SSSR count). The van der Waals surface area contributed by atoms with Gasteiger partial charge in [0.1, 0.15) is 0 Å². The molecule has 1 saturated carbocycles. The van der Waals surface area contributed by atoms with Crippen molar-refractivity contribution in [2.75, 3.05) is 6.54 Å². The summed E-state index contributed by atoms with van der Waals surface area (Å²) >= 11 is 0. The van der Waals surface area contributed by atoms with Crippen molar-refractivity contribution in [3.05, 3.63) is 0 Å². The maximum absolute atomic E-state index is 2.75. The summed E-state index contributed by atoms with van der Waals surface area (Å²) in [4.78, 5) is 2.75. The van der Waals surface area contributed by atoms with E-state index in [1.165, 1.54) is 25.8 Å². The summed E-state index contributed by atoms with van der Waals surface area (Å²) in [5, 5.41) is 0. The fourth-order valence-corrected chi connectivity index (χ4v) is 2.79. The Bertz CT molecular complexity index is 144. The predicted molar refractivity (Wildman–Crippen MR) is 36.2 cm³/mol. The zero-order valence-electron chi connectivity index (χ0n) is 5.71. The Morgan fingerprint density at radius 2 is 2.22 bits per heavy atom. The number of piperidine rings is 1. The minimum absolute atomic E-state index is 1.04. The van der Waals surface area contributed by atoms with Crippen LogP contribution in [0.4, 0.5) is 0 Å². The molecule has 1 aliphatic carbocycles. The van der Waals surface area contributed by atoms with Crippen molar-refractivity contribution < 1.29 is 0 Å². The topological polar surface area (TPSA) is 3.24 Å². The third-order valence-corrected chi connectivity index (χ3v) is 3.31. The van der Waals surface area contributed by atoms with Crippen LogP contribution in [0.5, 0.6) is 0 Å². The second-order valence-electron chi connectivity index (χ2n) is 3.83. The Balaban J connectivity index is 1.88. The van der Waals surface area contributed by atoms with E-state index < -0.39 is 0 Å². The van der Waals surface area contributed by atoms with Gasteiger partial charge in [-0.05, 0) is 38.1 Å². The first kappa shape index (κ1) is 4.73. The fourth-order valence-electron chi connectivity index (χ4n) is 2.79. The zero-order chi connectivity index (χ0) is 5.84. The Morgan fingerprint density at radius 1 is 1.22 bits per heavy atom. The molecule has 2 aliphatic heterocycles. The largest absolute Gasteiger partial charge is 0.297 e. The minimum atomic E-state index is 1.04. The normalized spacial score (nSPS) is 55.3. The van der Waals surface area contributed by atoms with Crippen molar-refractivity contribution in [1.82, 2.24) is 4.90 Å². The summed E-state index contributed by atoms with van der Waals surface area (Å²) in [6.07, 6.45) is 6.07. The first-order valence-corrected chi connectivity index (χ1v) is 4.21. The Kier molecular flexibility index (Phi) is 0.704. The van der Waals surface area contributed by atoms with Crippen LogP contribution in [0.1, 0.15) is 25.7 Å². The lowest BCUT2D eigenvalue weighted by Crippen LogP contribution is -2.25. The molecule has 0 aromatic heterocycles. The number of fused-ring (bicyclic) bond motifs is 3. The molecular weight excluding hydrogens is 110 g/mol. The van der Waals surface area contributed by atoms with Crippen LogP contribution in [0.2, 0.25) is 0 Å². The van der Waals surface area contributed by atoms with Crippen LogP contribution in [0.25, 0.3) is 0 Å². The summed E-state index contributed by atoms with van der Waals surface area (Å²) in [6.45, 7) is 1.42. The van der Waals surface area contributed by atoms with Crippen molar-refractivity contribution in [2.24, 2.45) is 5.92 Å². The van der Waals surface area contributed by atoms with Crippen LogP contribution in [-0.2, 0) is 0 Å². The summed E-state index contributed by atoms with van der Waals surface area (Å²) in [7, 11) is 0. The van der Waals surface area contributed by atoms with Gasteiger partial charge >= 0.3 is 0 Å². The van der Waals surface area contributed by atoms with Crippen LogP contribution in [-0.4, -0.2) is 23.5 Å². The van der Waals surface area contributed by atoms with Crippen LogP contribution >= 0.6 is 0 Å². The smallest absolute Gasteiger partial charge is 0.0131 e. The maximum Gasteiger partial charge on any atom is 0.0131 e. The van der Waals surface area contributed by atoms with Gasteiger partial charge in [0.25, 0.3) is 0 Å². The van der Waals surface area contributed by atoms with Crippen LogP contribution in [0.3, 0.4) is 0 Å². The van der Waals surface area contributed by atoms with Crippen molar-refractivity contribution in [3.63, 3.8) is 0 Å². The molecular formula is C8H13N. The quantitative estimate of drug-likeness (QED) is 0.468. The van der Waals surface area contributed by atoms with Crippen molar-refractivity contribution in [3.8, 4) is 0 Å². The number of hydrogen-bond donors (Lipinski definition) is 0. The van der Waals surface area contributed by atoms with E-state index in [2.05, 4.69) is 4.90 Å². The average molecular weight is 123 g/mol. The van der Waals surface area contributed by atoms with Gasteiger partial charge in [-0.25, -0.2) is 0 Å². The predicted octanol–water partition coefficient (Wildman–Crippen LogP) is 1.24. The molecule has 3 atom stereocenters. The van der Waals surface area contributed by atoms with Crippen molar-refractivity contribution >= 4 is 0 Å². The molecule has 0 bridgehead atoms. The summed E-state index contributed by atoms with van der Waals surface area (Å²) in [5.41, 5.74) is 0. The van der Waals surface area contributed by atoms with Gasteiger partial charge in [0.15, 0.2) is 0 Å². The molecule has 1 nitrogen and oxygen atoms in total. The third-order valence-electron chi connectivity index (χ3n) is 3.31. The first-order chi connectivity index (χ1) is 4.45. The highest BCUT2D eigenvalue weighted by atomic mass is 15.3. The van der Waals surface area contributed by atoms with E-state index in [0.717, 1.165) is 18.0 Å². The van der Waals surface area contributed by atoms with E-state index in [0.29, 0.717) is 0 Å². The molecule has 2 heterocycles. The van der Waals surface area contributed by atoms with E-state index in [-0.39, 0.29) is 0 Å². The highest BCUT2D eigenvalue weighted by Crippen LogP contribution is 2.50. The summed E-state index contributed by atoms with van der Waals surface area (Å²) < 4.78 is 0. The monoisotopic (exact) mass is 123 g/mol. The van der Waals surface area contributed by atoms with Gasteiger partial charge in [-0.3, -0.25) is 4.90 Å². The molecule has 3 unspecified atom stereocenters. The van der Waals surface area contributed by atoms with Crippen molar-refractivity contribution in [1.29, 1.82) is 0 Å². The van der Waals surface area contributed by atoms with E-state index in [9.17, 15) is 0 Å². The number of hydrogen-bond acceptors (Lipinski definition) is 1. The zero-order valence-corrected chi connectivity index (χ0v) is 5.71. The lowest BCUT2D eigenvalue weighted by molar-refractivity contribution is 0.281. The summed E-state index contributed by atoms with van der Waals surface area (Å²) in [6, 6.07) is 2.10. The molecule has 0 aromatic rings. The van der Waals surface area contributed by atoms with Crippen LogP contribution in [0, 0.1) is 5.92 Å². The van der Waals surface area contributed by atoms with Gasteiger partial charge in [-0.1, -0.05) is 0 Å². The van der Waals surface area contributed by atoms with Gasteiger partial charge in [0.05, 0.1) is 0 Å². The highest BCUT2D eigenvalue weighted by Gasteiger charge is 2.52. The van der Waals surface area contributed by atoms with Gasteiger partial charge in [-0.2, -0.15) is 0 Å². The van der Waals surface area contributed by atoms with Gasteiger partial charge < -0.3 is 0 Å².